The Morgan fingerprint density at radius 2 is 1.57 bits per heavy atom. The fourth-order valence-electron chi connectivity index (χ4n) is 5.42. The Morgan fingerprint density at radius 1 is 0.971 bits per heavy atom. The Bertz CT molecular complexity index is 1240. The number of carbonyl (C=O) groups excluding carboxylic acids is 1. The molecule has 4 nitrogen and oxygen atoms in total. The molecule has 0 radical (unpaired) electrons. The molecule has 1 amide bonds. The van der Waals surface area contributed by atoms with Gasteiger partial charge in [-0.05, 0) is 42.5 Å². The minimum absolute atomic E-state index is 0.0168. The van der Waals surface area contributed by atoms with Crippen molar-refractivity contribution < 1.29 is 43.9 Å². The largest absolute Gasteiger partial charge is 0.435 e. The zero-order valence-electron chi connectivity index (χ0n) is 18.3. The summed E-state index contributed by atoms with van der Waals surface area (Å²) in [7, 11) is -4.28. The third kappa shape index (κ3) is 3.47. The minimum atomic E-state index is -6.29. The molecule has 0 bridgehead atoms. The van der Waals surface area contributed by atoms with Crippen LogP contribution in [0, 0.1) is 0 Å². The average Bonchev–Trinajstić information content (AvgIpc) is 3.19. The van der Waals surface area contributed by atoms with Crippen LogP contribution in [0.25, 0.3) is 0 Å². The van der Waals surface area contributed by atoms with Gasteiger partial charge in [0, 0.05) is 19.0 Å². The number of amides is 1. The van der Waals surface area contributed by atoms with Gasteiger partial charge in [-0.15, -0.1) is 0 Å². The molecule has 1 heterocycles. The van der Waals surface area contributed by atoms with E-state index in [0.717, 1.165) is 6.07 Å². The molecule has 35 heavy (non-hydrogen) atoms. The van der Waals surface area contributed by atoms with Crippen molar-refractivity contribution in [3.63, 3.8) is 0 Å². The van der Waals surface area contributed by atoms with Crippen LogP contribution in [-0.2, 0) is 31.5 Å². The molecule has 2 atom stereocenters. The smallest absolute Gasteiger partial charge is 0.338 e. The zero-order valence-corrected chi connectivity index (χ0v) is 19.1. The number of carbonyl (C=O) groups is 1. The molecule has 1 fully saturated rings. The topological polar surface area (TPSA) is 54.5 Å². The lowest BCUT2D eigenvalue weighted by atomic mass is 9.77. The van der Waals surface area contributed by atoms with E-state index in [0.29, 0.717) is 12.1 Å². The van der Waals surface area contributed by atoms with Gasteiger partial charge in [-0.3, -0.25) is 4.79 Å². The van der Waals surface area contributed by atoms with Crippen LogP contribution >= 0.6 is 0 Å². The monoisotopic (exact) mass is 523 g/mol. The van der Waals surface area contributed by atoms with Crippen molar-refractivity contribution in [1.82, 2.24) is 4.90 Å². The molecule has 4 rings (SSSR count). The number of likely N-dealkylation sites (tertiary alicyclic amines) is 1. The summed E-state index contributed by atoms with van der Waals surface area (Å²) in [5, 5.41) is 0. The lowest BCUT2D eigenvalue weighted by molar-refractivity contribution is -0.348. The molecule has 2 aromatic carbocycles. The first-order valence-corrected chi connectivity index (χ1v) is 12.1. The fraction of sp³-hybridized carbons (Fsp3) is 0.435. The van der Waals surface area contributed by atoms with Gasteiger partial charge < -0.3 is 4.90 Å². The summed E-state index contributed by atoms with van der Waals surface area (Å²) in [5.74, 6) is -0.405. The second kappa shape index (κ2) is 7.94. The van der Waals surface area contributed by atoms with Crippen LogP contribution in [0.5, 0.6) is 0 Å². The Kier molecular flexibility index (Phi) is 5.78. The standard InChI is InChI=1S/C23H20F7NO3S/c1-14(32)31-12-11-20(35(33,34)17-5-3-2-4-6-17)18-9-8-16(13-15(18)7-10-19(20)31)21(24,22(25,26)27)23(28,29)30/h2-6,8-9,13,19H,7,10-12H2,1H3. The molecule has 0 saturated carbocycles. The van der Waals surface area contributed by atoms with Crippen LogP contribution < -0.4 is 0 Å². The van der Waals surface area contributed by atoms with E-state index in [1.807, 2.05) is 0 Å². The van der Waals surface area contributed by atoms with Crippen LogP contribution in [0.3, 0.4) is 0 Å². The highest BCUT2D eigenvalue weighted by molar-refractivity contribution is 7.92. The quantitative estimate of drug-likeness (QED) is 0.519. The Morgan fingerprint density at radius 3 is 2.11 bits per heavy atom. The highest BCUT2D eigenvalue weighted by Gasteiger charge is 2.73. The van der Waals surface area contributed by atoms with E-state index in [4.69, 9.17) is 0 Å². The van der Waals surface area contributed by atoms with E-state index >= 15 is 0 Å². The molecular weight excluding hydrogens is 503 g/mol. The highest BCUT2D eigenvalue weighted by atomic mass is 32.2. The van der Waals surface area contributed by atoms with Crippen molar-refractivity contribution in [2.75, 3.05) is 6.54 Å². The molecule has 2 unspecified atom stereocenters. The maximum atomic E-state index is 14.7. The summed E-state index contributed by atoms with van der Waals surface area (Å²) in [6, 6.07) is 7.98. The summed E-state index contributed by atoms with van der Waals surface area (Å²) in [4.78, 5) is 13.5. The normalized spacial score (nSPS) is 23.1. The summed E-state index contributed by atoms with van der Waals surface area (Å²) < 4.78 is 121. The molecule has 0 N–H and O–H groups in total. The number of hydrogen-bond acceptors (Lipinski definition) is 3. The van der Waals surface area contributed by atoms with Gasteiger partial charge in [-0.2, -0.15) is 26.3 Å². The van der Waals surface area contributed by atoms with Gasteiger partial charge in [0.05, 0.1) is 10.9 Å². The van der Waals surface area contributed by atoms with E-state index in [1.54, 1.807) is 6.07 Å². The summed E-state index contributed by atoms with van der Waals surface area (Å²) in [6.45, 7) is 1.29. The highest BCUT2D eigenvalue weighted by Crippen LogP contribution is 2.56. The van der Waals surface area contributed by atoms with Gasteiger partial charge in [0.25, 0.3) is 0 Å². The van der Waals surface area contributed by atoms with Crippen molar-refractivity contribution in [2.24, 2.45) is 0 Å². The fourth-order valence-corrected chi connectivity index (χ4v) is 7.80. The zero-order chi connectivity index (χ0) is 26.0. The van der Waals surface area contributed by atoms with E-state index in [9.17, 15) is 43.9 Å². The maximum Gasteiger partial charge on any atom is 0.435 e. The molecule has 0 aromatic heterocycles. The van der Waals surface area contributed by atoms with E-state index in [2.05, 4.69) is 0 Å². The van der Waals surface area contributed by atoms with Gasteiger partial charge in [0.1, 0.15) is 4.75 Å². The number of alkyl halides is 7. The van der Waals surface area contributed by atoms with Crippen molar-refractivity contribution >= 4 is 15.7 Å². The number of aryl methyl sites for hydroxylation is 1. The molecule has 2 aromatic rings. The van der Waals surface area contributed by atoms with Crippen LogP contribution in [0.1, 0.15) is 36.5 Å². The van der Waals surface area contributed by atoms with E-state index in [1.165, 1.54) is 36.1 Å². The third-order valence-corrected chi connectivity index (χ3v) is 9.55. The first kappa shape index (κ1) is 25.5. The summed E-state index contributed by atoms with van der Waals surface area (Å²) >= 11 is 0. The predicted octanol–water partition coefficient (Wildman–Crippen LogP) is 5.21. The SMILES string of the molecule is CC(=O)N1CCC2(S(=O)(=O)c3ccccc3)c3ccc(C(F)(C(F)(F)F)C(F)(F)F)cc3CCC12. The average molecular weight is 523 g/mol. The summed E-state index contributed by atoms with van der Waals surface area (Å²) in [6.07, 6.45) is -12.8. The van der Waals surface area contributed by atoms with Gasteiger partial charge >= 0.3 is 18.0 Å². The molecule has 0 spiro atoms. The second-order valence-electron chi connectivity index (χ2n) is 8.75. The van der Waals surface area contributed by atoms with E-state index < -0.39 is 50.1 Å². The van der Waals surface area contributed by atoms with Crippen molar-refractivity contribution in [3.05, 3.63) is 65.2 Å². The number of fused-ring (bicyclic) bond motifs is 3. The molecule has 190 valence electrons. The number of benzene rings is 2. The number of nitrogens with zero attached hydrogens (tertiary/aromatic N) is 1. The van der Waals surface area contributed by atoms with Crippen LogP contribution in [-0.4, -0.2) is 44.2 Å². The van der Waals surface area contributed by atoms with Crippen molar-refractivity contribution in [2.45, 2.75) is 59.9 Å². The lowest BCUT2D eigenvalue weighted by Gasteiger charge is -2.43. The van der Waals surface area contributed by atoms with Crippen LogP contribution in [0.15, 0.2) is 53.4 Å². The number of hydrogen-bond donors (Lipinski definition) is 0. The third-order valence-electron chi connectivity index (χ3n) is 7.00. The Hall–Kier alpha value is -2.63. The van der Waals surface area contributed by atoms with Gasteiger partial charge in [-0.25, -0.2) is 12.8 Å². The maximum absolute atomic E-state index is 14.7. The number of halogens is 7. The van der Waals surface area contributed by atoms with Gasteiger partial charge in [-0.1, -0.05) is 36.4 Å². The van der Waals surface area contributed by atoms with E-state index in [-0.39, 0.29) is 41.8 Å². The number of sulfone groups is 1. The molecule has 1 aliphatic carbocycles. The first-order chi connectivity index (χ1) is 16.1. The molecule has 2 aliphatic rings. The van der Waals surface area contributed by atoms with Gasteiger partial charge in [0.15, 0.2) is 9.84 Å². The Balaban J connectivity index is 1.97. The molecular formula is C23H20F7NO3S. The number of rotatable bonds is 3. The second-order valence-corrected chi connectivity index (χ2v) is 11.0. The first-order valence-electron chi connectivity index (χ1n) is 10.6. The van der Waals surface area contributed by atoms with Crippen molar-refractivity contribution in [3.8, 4) is 0 Å². The molecule has 1 saturated heterocycles. The van der Waals surface area contributed by atoms with Crippen LogP contribution in [0.4, 0.5) is 30.7 Å². The van der Waals surface area contributed by atoms with Gasteiger partial charge in [0.2, 0.25) is 5.91 Å². The summed E-state index contributed by atoms with van der Waals surface area (Å²) in [5.41, 5.74) is -7.43. The Labute approximate surface area is 196 Å². The minimum Gasteiger partial charge on any atom is -0.338 e. The van der Waals surface area contributed by atoms with Crippen LogP contribution in [0.2, 0.25) is 0 Å². The lowest BCUT2D eigenvalue weighted by Crippen LogP contribution is -2.52. The van der Waals surface area contributed by atoms with Crippen molar-refractivity contribution in [1.29, 1.82) is 0 Å². The predicted molar refractivity (Wildman–Crippen MR) is 111 cm³/mol. The molecule has 12 heteroatoms. The molecule has 1 aliphatic heterocycles.